The number of rotatable bonds is 6. The molecule has 1 atom stereocenters. The van der Waals surface area contributed by atoms with E-state index in [2.05, 4.69) is 19.7 Å². The Kier molecular flexibility index (Phi) is 9.98. The summed E-state index contributed by atoms with van der Waals surface area (Å²) in [7, 11) is -7.83. The van der Waals surface area contributed by atoms with Gasteiger partial charge in [0.2, 0.25) is 0 Å². The van der Waals surface area contributed by atoms with Crippen molar-refractivity contribution < 1.29 is 35.7 Å². The SMILES string of the molecule is CSc1sc(C(=N)N)cc1S(=O)(=NS(=O)(=O)c1ccc(C)cc1)c1cccc(Br)c1.O=C(O)C(F)(F)F. The van der Waals surface area contributed by atoms with E-state index < -0.39 is 31.9 Å². The number of nitrogens with zero attached hydrogens (tertiary/aromatic N) is 1. The number of nitrogens with one attached hydrogen (secondary N) is 1. The first-order chi connectivity index (χ1) is 17.0. The zero-order chi connectivity index (χ0) is 28.2. The molecule has 16 heteroatoms. The lowest BCUT2D eigenvalue weighted by molar-refractivity contribution is -0.192. The van der Waals surface area contributed by atoms with Crippen LogP contribution in [0.25, 0.3) is 0 Å². The van der Waals surface area contributed by atoms with E-state index >= 15 is 0 Å². The standard InChI is InChI=1S/C19H18BrN3O3S4.C2HF3O2/c1-12-6-8-14(9-7-12)30(25,26)23-29(24,15-5-3-4-13(20)10-15)17-11-16(18(21)22)28-19(17)27-2;3-2(4,5)1(6)7/h3-11H,1-2H3,(H3,21,22);(H,6,7). The maximum Gasteiger partial charge on any atom is 0.490 e. The highest BCUT2D eigenvalue weighted by Gasteiger charge is 2.38. The average molecular weight is 659 g/mol. The molecule has 0 spiro atoms. The van der Waals surface area contributed by atoms with Crippen LogP contribution in [0.15, 0.2) is 81.7 Å². The first-order valence-electron chi connectivity index (χ1n) is 9.69. The van der Waals surface area contributed by atoms with Gasteiger partial charge in [-0.2, -0.15) is 21.6 Å². The third-order valence-electron chi connectivity index (χ3n) is 4.29. The van der Waals surface area contributed by atoms with E-state index in [1.807, 2.05) is 6.92 Å². The van der Waals surface area contributed by atoms with E-state index in [-0.39, 0.29) is 20.5 Å². The second-order valence-corrected chi connectivity index (χ2v) is 14.1. The number of alkyl halides is 3. The zero-order valence-electron chi connectivity index (χ0n) is 18.9. The molecule has 1 aromatic heterocycles. The number of thioether (sulfide) groups is 1. The number of aryl methyl sites for hydroxylation is 1. The number of thiophene rings is 1. The number of sulfonamides is 1. The van der Waals surface area contributed by atoms with Gasteiger partial charge >= 0.3 is 12.1 Å². The van der Waals surface area contributed by atoms with Crippen molar-refractivity contribution in [1.82, 2.24) is 0 Å². The third kappa shape index (κ3) is 7.80. The predicted octanol–water partition coefficient (Wildman–Crippen LogP) is 5.73. The highest BCUT2D eigenvalue weighted by molar-refractivity contribution is 9.10. The van der Waals surface area contributed by atoms with Crippen molar-refractivity contribution in [2.24, 2.45) is 9.50 Å². The van der Waals surface area contributed by atoms with Gasteiger partial charge in [-0.05, 0) is 49.6 Å². The fourth-order valence-electron chi connectivity index (χ4n) is 2.57. The molecule has 4 N–H and O–H groups in total. The van der Waals surface area contributed by atoms with Gasteiger partial charge in [-0.3, -0.25) is 5.41 Å². The molecule has 0 aliphatic rings. The fraction of sp³-hybridized carbons (Fsp3) is 0.143. The maximum absolute atomic E-state index is 14.3. The Balaban J connectivity index is 0.000000604. The van der Waals surface area contributed by atoms with E-state index in [4.69, 9.17) is 21.0 Å². The van der Waals surface area contributed by atoms with Gasteiger partial charge < -0.3 is 10.8 Å². The van der Waals surface area contributed by atoms with Gasteiger partial charge in [-0.1, -0.05) is 43.5 Å². The Labute approximate surface area is 228 Å². The molecular formula is C21H19BrF3N3O5S4. The average Bonchev–Trinajstić information content (AvgIpc) is 3.24. The van der Waals surface area contributed by atoms with Crippen LogP contribution in [0.2, 0.25) is 0 Å². The molecule has 0 aliphatic carbocycles. The number of amidine groups is 1. The Bertz CT molecular complexity index is 1550. The molecule has 3 rings (SSSR count). The van der Waals surface area contributed by atoms with Crippen molar-refractivity contribution in [3.8, 4) is 0 Å². The first-order valence-corrected chi connectivity index (χ1v) is 15.5. The zero-order valence-corrected chi connectivity index (χ0v) is 23.8. The largest absolute Gasteiger partial charge is 0.490 e. The van der Waals surface area contributed by atoms with Crippen molar-refractivity contribution in [1.29, 1.82) is 5.41 Å². The number of carbonyl (C=O) groups is 1. The Morgan fingerprint density at radius 1 is 1.11 bits per heavy atom. The van der Waals surface area contributed by atoms with Crippen LogP contribution < -0.4 is 5.73 Å². The van der Waals surface area contributed by atoms with Crippen molar-refractivity contribution >= 4 is 70.6 Å². The molecule has 0 aliphatic heterocycles. The van der Waals surface area contributed by atoms with Crippen LogP contribution >= 0.6 is 39.0 Å². The molecule has 0 bridgehead atoms. The van der Waals surface area contributed by atoms with E-state index in [0.29, 0.717) is 13.6 Å². The van der Waals surface area contributed by atoms with Crippen LogP contribution in [-0.2, 0) is 24.5 Å². The van der Waals surface area contributed by atoms with Crippen molar-refractivity contribution in [2.45, 2.75) is 32.0 Å². The number of hydrogen-bond donors (Lipinski definition) is 3. The minimum Gasteiger partial charge on any atom is -0.475 e. The number of aliphatic carboxylic acids is 1. The number of carboxylic acids is 1. The van der Waals surface area contributed by atoms with Crippen molar-refractivity contribution in [2.75, 3.05) is 6.26 Å². The maximum atomic E-state index is 14.3. The summed E-state index contributed by atoms with van der Waals surface area (Å²) < 4.78 is 77.5. The molecule has 8 nitrogen and oxygen atoms in total. The van der Waals surface area contributed by atoms with Gasteiger partial charge in [0, 0.05) is 4.47 Å². The number of carboxylic acid groups (broad SMARTS) is 1. The summed E-state index contributed by atoms with van der Waals surface area (Å²) in [5, 5.41) is 14.9. The molecule has 1 unspecified atom stereocenters. The topological polar surface area (TPSA) is 151 Å². The van der Waals surface area contributed by atoms with Crippen LogP contribution in [0.3, 0.4) is 0 Å². The molecule has 2 aromatic carbocycles. The number of benzene rings is 2. The van der Waals surface area contributed by atoms with Crippen molar-refractivity contribution in [3.63, 3.8) is 0 Å². The Morgan fingerprint density at radius 3 is 2.14 bits per heavy atom. The minimum absolute atomic E-state index is 0.0384. The quantitative estimate of drug-likeness (QED) is 0.174. The van der Waals surface area contributed by atoms with Gasteiger partial charge in [0.05, 0.1) is 23.8 Å². The fourth-order valence-corrected chi connectivity index (χ4v) is 9.66. The van der Waals surface area contributed by atoms with Crippen LogP contribution in [0.4, 0.5) is 13.2 Å². The van der Waals surface area contributed by atoms with E-state index in [1.54, 1.807) is 42.7 Å². The lowest BCUT2D eigenvalue weighted by Gasteiger charge is -2.12. The van der Waals surface area contributed by atoms with E-state index in [0.717, 1.165) is 5.56 Å². The summed E-state index contributed by atoms with van der Waals surface area (Å²) in [6.07, 6.45) is -3.30. The number of nitrogen functional groups attached to an aromatic ring is 1. The summed E-state index contributed by atoms with van der Waals surface area (Å²) in [5.74, 6) is -2.94. The number of nitrogens with two attached hydrogens (primary N) is 1. The summed E-state index contributed by atoms with van der Waals surface area (Å²) >= 11 is 5.84. The van der Waals surface area contributed by atoms with Crippen LogP contribution in [0.5, 0.6) is 0 Å². The molecule has 0 amide bonds. The van der Waals surface area contributed by atoms with Crippen LogP contribution in [-0.4, -0.2) is 42.0 Å². The second-order valence-electron chi connectivity index (χ2n) is 7.03. The normalized spacial score (nSPS) is 13.1. The smallest absolute Gasteiger partial charge is 0.475 e. The summed E-state index contributed by atoms with van der Waals surface area (Å²) in [5.41, 5.74) is 6.52. The summed E-state index contributed by atoms with van der Waals surface area (Å²) in [6, 6.07) is 14.3. The number of hydrogen-bond acceptors (Lipinski definition) is 7. The first kappa shape index (κ1) is 30.8. The van der Waals surface area contributed by atoms with Gasteiger partial charge in [0.15, 0.2) is 0 Å². The highest BCUT2D eigenvalue weighted by atomic mass is 79.9. The van der Waals surface area contributed by atoms with Gasteiger partial charge in [-0.15, -0.1) is 23.1 Å². The Hall–Kier alpha value is -2.40. The summed E-state index contributed by atoms with van der Waals surface area (Å²) in [6.45, 7) is 1.84. The van der Waals surface area contributed by atoms with Crippen LogP contribution in [0, 0.1) is 12.3 Å². The molecule has 0 fully saturated rings. The molecule has 0 radical (unpaired) electrons. The van der Waals surface area contributed by atoms with E-state index in [1.165, 1.54) is 41.3 Å². The van der Waals surface area contributed by atoms with Gasteiger partial charge in [-0.25, -0.2) is 9.00 Å². The molecule has 3 aromatic rings. The van der Waals surface area contributed by atoms with Gasteiger partial charge in [0.25, 0.3) is 10.0 Å². The second kappa shape index (κ2) is 12.0. The molecule has 37 heavy (non-hydrogen) atoms. The summed E-state index contributed by atoms with van der Waals surface area (Å²) in [4.78, 5) is 9.74. The number of halogens is 4. The van der Waals surface area contributed by atoms with Gasteiger partial charge in [0.1, 0.15) is 15.6 Å². The highest BCUT2D eigenvalue weighted by Crippen LogP contribution is 2.39. The minimum atomic E-state index is -5.08. The lowest BCUT2D eigenvalue weighted by atomic mass is 10.2. The van der Waals surface area contributed by atoms with Crippen molar-refractivity contribution in [3.05, 3.63) is 69.5 Å². The lowest BCUT2D eigenvalue weighted by Crippen LogP contribution is -2.21. The van der Waals surface area contributed by atoms with Crippen LogP contribution in [0.1, 0.15) is 10.4 Å². The third-order valence-corrected chi connectivity index (χ3v) is 11.7. The molecule has 1 heterocycles. The molecular weight excluding hydrogens is 639 g/mol. The molecule has 200 valence electrons. The predicted molar refractivity (Wildman–Crippen MR) is 140 cm³/mol. The molecule has 0 saturated carbocycles. The monoisotopic (exact) mass is 657 g/mol. The Morgan fingerprint density at radius 2 is 1.68 bits per heavy atom. The molecule has 0 saturated heterocycles. The van der Waals surface area contributed by atoms with E-state index in [9.17, 15) is 25.8 Å².